The van der Waals surface area contributed by atoms with Crippen LogP contribution in [0.1, 0.15) is 48.8 Å². The number of carbonyl (C=O) groups is 1. The van der Waals surface area contributed by atoms with Gasteiger partial charge in [-0.3, -0.25) is 9.36 Å². The Labute approximate surface area is 132 Å². The highest BCUT2D eigenvalue weighted by molar-refractivity contribution is 5.79. The van der Waals surface area contributed by atoms with Gasteiger partial charge in [-0.1, -0.05) is 45.0 Å². The molecule has 0 bridgehead atoms. The van der Waals surface area contributed by atoms with Crippen LogP contribution >= 0.6 is 0 Å². The number of aryl methyl sites for hydroxylation is 1. The third-order valence-corrected chi connectivity index (χ3v) is 3.83. The van der Waals surface area contributed by atoms with Crippen molar-refractivity contribution in [3.8, 4) is 0 Å². The van der Waals surface area contributed by atoms with Crippen molar-refractivity contribution >= 4 is 5.91 Å². The Morgan fingerprint density at radius 1 is 1.18 bits per heavy atom. The highest BCUT2D eigenvalue weighted by Crippen LogP contribution is 2.22. The van der Waals surface area contributed by atoms with Gasteiger partial charge >= 0.3 is 0 Å². The zero-order valence-electron chi connectivity index (χ0n) is 13.7. The molecule has 4 heteroatoms. The quantitative estimate of drug-likeness (QED) is 0.923. The van der Waals surface area contributed by atoms with Crippen LogP contribution in [0.2, 0.25) is 0 Å². The first kappa shape index (κ1) is 16.4. The van der Waals surface area contributed by atoms with Crippen LogP contribution in [-0.2, 0) is 18.3 Å². The van der Waals surface area contributed by atoms with Gasteiger partial charge in [0.15, 0.2) is 0 Å². The van der Waals surface area contributed by atoms with E-state index in [1.807, 2.05) is 0 Å². The third-order valence-electron chi connectivity index (χ3n) is 3.83. The molecule has 0 atom stereocenters. The van der Waals surface area contributed by atoms with Gasteiger partial charge in [0.1, 0.15) is 6.33 Å². The topological polar surface area (TPSA) is 60.9 Å². The molecule has 0 fully saturated rings. The van der Waals surface area contributed by atoms with Crippen LogP contribution in [0.15, 0.2) is 36.8 Å². The van der Waals surface area contributed by atoms with Gasteiger partial charge in [-0.25, -0.2) is 4.98 Å². The summed E-state index contributed by atoms with van der Waals surface area (Å²) in [4.78, 5) is 16.3. The number of nitrogens with zero attached hydrogens (tertiary/aromatic N) is 2. The Morgan fingerprint density at radius 3 is 2.45 bits per heavy atom. The zero-order chi connectivity index (χ0) is 16.2. The minimum atomic E-state index is 0.0702. The smallest absolute Gasteiger partial charge is 0.232 e. The highest BCUT2D eigenvalue weighted by Gasteiger charge is 2.13. The summed E-state index contributed by atoms with van der Waals surface area (Å²) in [6.45, 7) is 7.11. The van der Waals surface area contributed by atoms with E-state index in [2.05, 4.69) is 50.0 Å². The summed E-state index contributed by atoms with van der Waals surface area (Å²) in [6, 6.07) is 8.53. The molecule has 0 unspecified atom stereocenters. The molecular weight excluding hydrogens is 274 g/mol. The largest absolute Gasteiger partial charge is 0.330 e. The van der Waals surface area contributed by atoms with Crippen LogP contribution in [0.4, 0.5) is 0 Å². The molecule has 2 aromatic rings. The predicted octanol–water partition coefficient (Wildman–Crippen LogP) is 2.95. The monoisotopic (exact) mass is 299 g/mol. The molecule has 2 rings (SSSR count). The minimum Gasteiger partial charge on any atom is -0.330 e. The summed E-state index contributed by atoms with van der Waals surface area (Å²) in [7, 11) is 0. The summed E-state index contributed by atoms with van der Waals surface area (Å²) in [6.07, 6.45) is 5.18. The van der Waals surface area contributed by atoms with Crippen molar-refractivity contribution in [2.24, 2.45) is 5.73 Å². The molecule has 118 valence electrons. The molecule has 0 saturated carbocycles. The van der Waals surface area contributed by atoms with E-state index in [-0.39, 0.29) is 11.3 Å². The van der Waals surface area contributed by atoms with Gasteiger partial charge in [0.2, 0.25) is 5.91 Å². The fourth-order valence-electron chi connectivity index (χ4n) is 2.42. The lowest BCUT2D eigenvalue weighted by Crippen LogP contribution is -2.16. The molecule has 4 nitrogen and oxygen atoms in total. The van der Waals surface area contributed by atoms with E-state index in [0.717, 1.165) is 12.1 Å². The van der Waals surface area contributed by atoms with Crippen molar-refractivity contribution in [1.82, 2.24) is 9.55 Å². The van der Waals surface area contributed by atoms with Gasteiger partial charge in [-0.05, 0) is 29.5 Å². The van der Waals surface area contributed by atoms with E-state index < -0.39 is 0 Å². The number of hydrogen-bond acceptors (Lipinski definition) is 3. The first-order chi connectivity index (χ1) is 10.4. The Hall–Kier alpha value is -1.94. The van der Waals surface area contributed by atoms with Crippen molar-refractivity contribution in [3.05, 3.63) is 53.6 Å². The number of hydrogen-bond donors (Lipinski definition) is 1. The van der Waals surface area contributed by atoms with E-state index in [1.54, 1.807) is 17.1 Å². The number of rotatable bonds is 5. The van der Waals surface area contributed by atoms with Gasteiger partial charge in [-0.2, -0.15) is 0 Å². The minimum absolute atomic E-state index is 0.0702. The van der Waals surface area contributed by atoms with Crippen molar-refractivity contribution < 1.29 is 4.79 Å². The molecule has 0 aliphatic rings. The molecule has 2 N–H and O–H groups in total. The lowest BCUT2D eigenvalue weighted by Gasteiger charge is -2.19. The van der Waals surface area contributed by atoms with Crippen molar-refractivity contribution in [1.29, 1.82) is 0 Å². The van der Waals surface area contributed by atoms with Crippen LogP contribution in [0.25, 0.3) is 0 Å². The number of aromatic nitrogens is 2. The van der Waals surface area contributed by atoms with E-state index in [9.17, 15) is 4.79 Å². The molecule has 0 aliphatic carbocycles. The predicted molar refractivity (Wildman–Crippen MR) is 89.1 cm³/mol. The van der Waals surface area contributed by atoms with Gasteiger partial charge < -0.3 is 5.73 Å². The van der Waals surface area contributed by atoms with Crippen molar-refractivity contribution in [2.75, 3.05) is 6.54 Å². The number of nitrogens with two attached hydrogens (primary N) is 1. The second-order valence-corrected chi connectivity index (χ2v) is 6.63. The first-order valence-electron chi connectivity index (χ1n) is 7.75. The lowest BCUT2D eigenvalue weighted by atomic mass is 9.86. The maximum atomic E-state index is 12.3. The standard InChI is InChI=1S/C18H25N3O/c1-18(2,3)15-7-4-14(5-8-15)6-9-17(22)21-13-20-12-16(21)10-11-19/h4-5,7-8,12-13H,6,9-11,19H2,1-3H3. The fourth-order valence-corrected chi connectivity index (χ4v) is 2.42. The number of carbonyl (C=O) groups excluding carboxylic acids is 1. The molecule has 22 heavy (non-hydrogen) atoms. The Morgan fingerprint density at radius 2 is 1.86 bits per heavy atom. The summed E-state index contributed by atoms with van der Waals surface area (Å²) < 4.78 is 1.62. The van der Waals surface area contributed by atoms with Crippen molar-refractivity contribution in [2.45, 2.75) is 45.4 Å². The van der Waals surface area contributed by atoms with Gasteiger partial charge in [-0.15, -0.1) is 0 Å². The average Bonchev–Trinajstić information content (AvgIpc) is 2.93. The van der Waals surface area contributed by atoms with Crippen LogP contribution in [-0.4, -0.2) is 22.0 Å². The number of imidazole rings is 1. The van der Waals surface area contributed by atoms with Crippen molar-refractivity contribution in [3.63, 3.8) is 0 Å². The van der Waals surface area contributed by atoms with E-state index >= 15 is 0 Å². The van der Waals surface area contributed by atoms with Gasteiger partial charge in [0.25, 0.3) is 0 Å². The van der Waals surface area contributed by atoms with E-state index in [1.165, 1.54) is 11.1 Å². The molecule has 1 heterocycles. The molecule has 1 aromatic heterocycles. The average molecular weight is 299 g/mol. The summed E-state index contributed by atoms with van der Waals surface area (Å²) in [5.74, 6) is 0.0702. The lowest BCUT2D eigenvalue weighted by molar-refractivity contribution is 0.0900. The molecule has 0 spiro atoms. The second kappa shape index (κ2) is 6.88. The van der Waals surface area contributed by atoms with Gasteiger partial charge in [0.05, 0.1) is 0 Å². The molecule has 0 radical (unpaired) electrons. The van der Waals surface area contributed by atoms with Crippen LogP contribution in [0, 0.1) is 0 Å². The van der Waals surface area contributed by atoms with E-state index in [0.29, 0.717) is 19.4 Å². The molecule has 1 aromatic carbocycles. The SMILES string of the molecule is CC(C)(C)c1ccc(CCC(=O)n2cncc2CCN)cc1. The summed E-state index contributed by atoms with van der Waals surface area (Å²) in [5.41, 5.74) is 9.08. The van der Waals surface area contributed by atoms with E-state index in [4.69, 9.17) is 5.73 Å². The second-order valence-electron chi connectivity index (χ2n) is 6.63. The molecular formula is C18H25N3O. The van der Waals surface area contributed by atoms with Crippen LogP contribution < -0.4 is 5.73 Å². The van der Waals surface area contributed by atoms with Crippen LogP contribution in [0.3, 0.4) is 0 Å². The third kappa shape index (κ3) is 4.04. The Bertz CT molecular complexity index is 621. The number of benzene rings is 1. The molecule has 0 amide bonds. The Balaban J connectivity index is 1.98. The molecule has 0 aliphatic heterocycles. The Kier molecular flexibility index (Phi) is 5.14. The summed E-state index contributed by atoms with van der Waals surface area (Å²) in [5, 5.41) is 0. The van der Waals surface area contributed by atoms with Crippen LogP contribution in [0.5, 0.6) is 0 Å². The summed E-state index contributed by atoms with van der Waals surface area (Å²) >= 11 is 0. The fraction of sp³-hybridized carbons (Fsp3) is 0.444. The first-order valence-corrected chi connectivity index (χ1v) is 7.75. The van der Waals surface area contributed by atoms with Gasteiger partial charge in [0, 0.05) is 24.7 Å². The maximum absolute atomic E-state index is 12.3. The maximum Gasteiger partial charge on any atom is 0.232 e. The normalized spacial score (nSPS) is 11.6. The highest BCUT2D eigenvalue weighted by atomic mass is 16.2. The zero-order valence-corrected chi connectivity index (χ0v) is 13.7. The molecule has 0 saturated heterocycles.